The van der Waals surface area contributed by atoms with Gasteiger partial charge in [-0.2, -0.15) is 0 Å². The van der Waals surface area contributed by atoms with E-state index in [0.29, 0.717) is 6.54 Å². The van der Waals surface area contributed by atoms with Crippen molar-refractivity contribution in [1.29, 1.82) is 0 Å². The summed E-state index contributed by atoms with van der Waals surface area (Å²) < 4.78 is 1.96. The van der Waals surface area contributed by atoms with Crippen LogP contribution in [0.1, 0.15) is 32.4 Å². The maximum atomic E-state index is 4.16. The topological polar surface area (TPSA) is 67.1 Å². The van der Waals surface area contributed by atoms with Gasteiger partial charge in [-0.1, -0.05) is 0 Å². The average molecular weight is 366 g/mol. The summed E-state index contributed by atoms with van der Waals surface area (Å²) >= 11 is 0. The van der Waals surface area contributed by atoms with Gasteiger partial charge in [-0.05, 0) is 27.7 Å². The fourth-order valence-corrected chi connectivity index (χ4v) is 1.30. The molecule has 7 heteroatoms. The van der Waals surface area contributed by atoms with E-state index >= 15 is 0 Å². The van der Waals surface area contributed by atoms with Crippen LogP contribution in [0.3, 0.4) is 0 Å². The maximum Gasteiger partial charge on any atom is 0.191 e. The zero-order chi connectivity index (χ0) is 13.1. The molecule has 0 aliphatic rings. The molecule has 104 valence electrons. The predicted octanol–water partition coefficient (Wildman–Crippen LogP) is 1.21. The SMILES string of the molecule is CN=C(NCc1nnc(C)n1C)NC(C)(C)C.I. The van der Waals surface area contributed by atoms with Crippen LogP contribution in [-0.2, 0) is 13.6 Å². The molecule has 0 unspecified atom stereocenters. The molecular formula is C11H23IN6. The number of aliphatic imine (C=N–C) groups is 1. The van der Waals surface area contributed by atoms with Crippen LogP contribution in [0.25, 0.3) is 0 Å². The third-order valence-electron chi connectivity index (χ3n) is 2.31. The Labute approximate surface area is 126 Å². The molecule has 1 aromatic heterocycles. The summed E-state index contributed by atoms with van der Waals surface area (Å²) in [5, 5.41) is 14.6. The highest BCUT2D eigenvalue weighted by atomic mass is 127. The van der Waals surface area contributed by atoms with Crippen LogP contribution >= 0.6 is 24.0 Å². The monoisotopic (exact) mass is 366 g/mol. The van der Waals surface area contributed by atoms with Gasteiger partial charge in [0, 0.05) is 19.6 Å². The van der Waals surface area contributed by atoms with E-state index in [0.717, 1.165) is 17.6 Å². The van der Waals surface area contributed by atoms with Gasteiger partial charge in [0.25, 0.3) is 0 Å². The normalized spacial score (nSPS) is 12.0. The van der Waals surface area contributed by atoms with Crippen LogP contribution < -0.4 is 10.6 Å². The van der Waals surface area contributed by atoms with Crippen molar-refractivity contribution in [3.8, 4) is 0 Å². The van der Waals surface area contributed by atoms with Crippen molar-refractivity contribution < 1.29 is 0 Å². The van der Waals surface area contributed by atoms with Crippen LogP contribution in [0.5, 0.6) is 0 Å². The molecule has 1 rings (SSSR count). The largest absolute Gasteiger partial charge is 0.352 e. The van der Waals surface area contributed by atoms with Crippen molar-refractivity contribution >= 4 is 29.9 Å². The summed E-state index contributed by atoms with van der Waals surface area (Å²) in [4.78, 5) is 4.16. The van der Waals surface area contributed by atoms with Gasteiger partial charge in [-0.3, -0.25) is 4.99 Å². The highest BCUT2D eigenvalue weighted by Gasteiger charge is 2.12. The van der Waals surface area contributed by atoms with Gasteiger partial charge in [0.1, 0.15) is 5.82 Å². The first-order chi connectivity index (χ1) is 7.83. The van der Waals surface area contributed by atoms with Crippen molar-refractivity contribution in [3.63, 3.8) is 0 Å². The second kappa shape index (κ2) is 6.91. The van der Waals surface area contributed by atoms with Crippen molar-refractivity contribution in [2.24, 2.45) is 12.0 Å². The van der Waals surface area contributed by atoms with Gasteiger partial charge in [0.15, 0.2) is 11.8 Å². The van der Waals surface area contributed by atoms with E-state index in [-0.39, 0.29) is 29.5 Å². The van der Waals surface area contributed by atoms with Gasteiger partial charge >= 0.3 is 0 Å². The van der Waals surface area contributed by atoms with E-state index in [4.69, 9.17) is 0 Å². The van der Waals surface area contributed by atoms with Crippen LogP contribution in [0.4, 0.5) is 0 Å². The Bertz CT molecular complexity index is 404. The van der Waals surface area contributed by atoms with Crippen LogP contribution in [-0.4, -0.2) is 33.3 Å². The minimum absolute atomic E-state index is 0. The second-order valence-electron chi connectivity index (χ2n) is 5.02. The number of nitrogens with one attached hydrogen (secondary N) is 2. The minimum atomic E-state index is -0.0162. The molecule has 1 heterocycles. The Kier molecular flexibility index (Phi) is 6.58. The molecule has 0 saturated carbocycles. The molecule has 0 fully saturated rings. The molecule has 0 aromatic carbocycles. The van der Waals surface area contributed by atoms with E-state index in [1.54, 1.807) is 7.05 Å². The lowest BCUT2D eigenvalue weighted by Crippen LogP contribution is -2.47. The Morgan fingerprint density at radius 3 is 2.33 bits per heavy atom. The zero-order valence-corrected chi connectivity index (χ0v) is 14.2. The van der Waals surface area contributed by atoms with Crippen molar-refractivity contribution in [1.82, 2.24) is 25.4 Å². The predicted molar refractivity (Wildman–Crippen MR) is 84.2 cm³/mol. The first-order valence-electron chi connectivity index (χ1n) is 5.67. The molecule has 0 spiro atoms. The fraction of sp³-hybridized carbons (Fsp3) is 0.727. The summed E-state index contributed by atoms with van der Waals surface area (Å²) in [5.74, 6) is 2.55. The molecule has 0 aliphatic carbocycles. The third-order valence-corrected chi connectivity index (χ3v) is 2.31. The Morgan fingerprint density at radius 1 is 1.33 bits per heavy atom. The summed E-state index contributed by atoms with van der Waals surface area (Å²) in [6.07, 6.45) is 0. The maximum absolute atomic E-state index is 4.16. The van der Waals surface area contributed by atoms with Gasteiger partial charge in [0.2, 0.25) is 0 Å². The number of hydrogen-bond donors (Lipinski definition) is 2. The van der Waals surface area contributed by atoms with Gasteiger partial charge in [-0.15, -0.1) is 34.2 Å². The van der Waals surface area contributed by atoms with Crippen LogP contribution in [0.15, 0.2) is 4.99 Å². The lowest BCUT2D eigenvalue weighted by Gasteiger charge is -2.23. The van der Waals surface area contributed by atoms with Gasteiger partial charge < -0.3 is 15.2 Å². The first kappa shape index (κ1) is 17.1. The second-order valence-corrected chi connectivity index (χ2v) is 5.02. The molecule has 0 saturated heterocycles. The molecule has 0 amide bonds. The summed E-state index contributed by atoms with van der Waals surface area (Å²) in [6.45, 7) is 8.80. The van der Waals surface area contributed by atoms with E-state index in [1.165, 1.54) is 0 Å². The zero-order valence-electron chi connectivity index (χ0n) is 11.9. The lowest BCUT2D eigenvalue weighted by molar-refractivity contribution is 0.500. The van der Waals surface area contributed by atoms with Crippen molar-refractivity contribution in [3.05, 3.63) is 11.6 Å². The number of rotatable bonds is 2. The fourth-order valence-electron chi connectivity index (χ4n) is 1.30. The molecule has 1 aromatic rings. The molecular weight excluding hydrogens is 343 g/mol. The number of aromatic nitrogens is 3. The molecule has 6 nitrogen and oxygen atoms in total. The molecule has 0 bridgehead atoms. The first-order valence-corrected chi connectivity index (χ1v) is 5.67. The van der Waals surface area contributed by atoms with E-state index in [2.05, 4.69) is 46.6 Å². The molecule has 0 atom stereocenters. The average Bonchev–Trinajstić information content (AvgIpc) is 2.53. The lowest BCUT2D eigenvalue weighted by atomic mass is 10.1. The number of halogens is 1. The number of aryl methyl sites for hydroxylation is 1. The number of hydrogen-bond acceptors (Lipinski definition) is 3. The van der Waals surface area contributed by atoms with Crippen LogP contribution in [0.2, 0.25) is 0 Å². The molecule has 0 aliphatic heterocycles. The third kappa shape index (κ3) is 5.19. The van der Waals surface area contributed by atoms with Crippen molar-refractivity contribution in [2.45, 2.75) is 39.8 Å². The molecule has 18 heavy (non-hydrogen) atoms. The Morgan fingerprint density at radius 2 is 1.94 bits per heavy atom. The van der Waals surface area contributed by atoms with Crippen molar-refractivity contribution in [2.75, 3.05) is 7.05 Å². The highest BCUT2D eigenvalue weighted by molar-refractivity contribution is 14.0. The smallest absolute Gasteiger partial charge is 0.191 e. The minimum Gasteiger partial charge on any atom is -0.352 e. The highest BCUT2D eigenvalue weighted by Crippen LogP contribution is 1.99. The number of nitrogens with zero attached hydrogens (tertiary/aromatic N) is 4. The van der Waals surface area contributed by atoms with Gasteiger partial charge in [0.05, 0.1) is 6.54 Å². The Hall–Kier alpha value is -0.860. The van der Waals surface area contributed by atoms with E-state index in [1.807, 2.05) is 18.5 Å². The standard InChI is InChI=1S/C11H22N6.HI/c1-8-15-16-9(17(8)6)7-13-10(12-5)14-11(2,3)4;/h7H2,1-6H3,(H2,12,13,14);1H. The quantitative estimate of drug-likeness (QED) is 0.469. The van der Waals surface area contributed by atoms with Crippen LogP contribution in [0, 0.1) is 6.92 Å². The van der Waals surface area contributed by atoms with Gasteiger partial charge in [-0.25, -0.2) is 0 Å². The number of guanidine groups is 1. The summed E-state index contributed by atoms with van der Waals surface area (Å²) in [7, 11) is 3.70. The molecule has 2 N–H and O–H groups in total. The Balaban J connectivity index is 0.00000289. The summed E-state index contributed by atoms with van der Waals surface area (Å²) in [6, 6.07) is 0. The van der Waals surface area contributed by atoms with E-state index < -0.39 is 0 Å². The summed E-state index contributed by atoms with van der Waals surface area (Å²) in [5.41, 5.74) is -0.0162. The van der Waals surface area contributed by atoms with E-state index in [9.17, 15) is 0 Å². The molecule has 0 radical (unpaired) electrons.